The Morgan fingerprint density at radius 2 is 2.00 bits per heavy atom. The number of rotatable bonds is 3. The number of methoxy groups -OCH3 is 1. The molecule has 3 aromatic rings. The largest absolute Gasteiger partial charge is 0.494 e. The molecule has 0 atom stereocenters. The topological polar surface area (TPSA) is 63.2 Å². The number of nitrogens with zero attached hydrogens (tertiary/aromatic N) is 1. The van der Waals surface area contributed by atoms with Crippen LogP contribution >= 0.6 is 22.9 Å². The summed E-state index contributed by atoms with van der Waals surface area (Å²) in [5.41, 5.74) is 2.37. The van der Waals surface area contributed by atoms with Crippen LogP contribution < -0.4 is 15.4 Å². The van der Waals surface area contributed by atoms with Gasteiger partial charge < -0.3 is 10.1 Å². The average Bonchev–Trinajstić information content (AvgIpc) is 2.94. The standard InChI is InChI=1S/C16H14ClN3O2S/c1-9-7-8-12(22-2)13-14(9)23-16(19-13)20-15(21)18-11-6-4-3-5-10(11)17/h3-8H,1-2H3,(H2,18,19,20,21). The number of amides is 2. The van der Waals surface area contributed by atoms with Crippen molar-refractivity contribution in [3.05, 3.63) is 47.0 Å². The van der Waals surface area contributed by atoms with Crippen LogP contribution in [0.1, 0.15) is 5.56 Å². The van der Waals surface area contributed by atoms with Crippen molar-refractivity contribution in [2.45, 2.75) is 6.92 Å². The summed E-state index contributed by atoms with van der Waals surface area (Å²) in [6, 6.07) is 10.5. The van der Waals surface area contributed by atoms with Gasteiger partial charge in [-0.2, -0.15) is 0 Å². The van der Waals surface area contributed by atoms with E-state index in [4.69, 9.17) is 16.3 Å². The van der Waals surface area contributed by atoms with Crippen LogP contribution in [0, 0.1) is 6.92 Å². The molecule has 0 spiro atoms. The predicted octanol–water partition coefficient (Wildman–Crippen LogP) is 4.91. The molecule has 3 rings (SSSR count). The summed E-state index contributed by atoms with van der Waals surface area (Å²) in [6.45, 7) is 1.99. The number of anilines is 2. The van der Waals surface area contributed by atoms with E-state index in [1.807, 2.05) is 19.1 Å². The van der Waals surface area contributed by atoms with Crippen molar-refractivity contribution in [2.75, 3.05) is 17.7 Å². The molecular weight excluding hydrogens is 334 g/mol. The molecule has 0 unspecified atom stereocenters. The molecule has 0 aliphatic rings. The molecule has 7 heteroatoms. The van der Waals surface area contributed by atoms with Crippen molar-refractivity contribution < 1.29 is 9.53 Å². The Hall–Kier alpha value is -2.31. The average molecular weight is 348 g/mol. The van der Waals surface area contributed by atoms with E-state index in [1.54, 1.807) is 31.4 Å². The van der Waals surface area contributed by atoms with Gasteiger partial charge in [-0.1, -0.05) is 41.1 Å². The first-order valence-electron chi connectivity index (χ1n) is 6.85. The number of ether oxygens (including phenoxy) is 1. The predicted molar refractivity (Wildman–Crippen MR) is 95.0 cm³/mol. The van der Waals surface area contributed by atoms with Gasteiger partial charge >= 0.3 is 6.03 Å². The zero-order valence-corrected chi connectivity index (χ0v) is 14.1. The SMILES string of the molecule is COc1ccc(C)c2sc(NC(=O)Nc3ccccc3Cl)nc12. The summed E-state index contributed by atoms with van der Waals surface area (Å²) in [5, 5.41) is 6.40. The Morgan fingerprint density at radius 1 is 1.22 bits per heavy atom. The Labute approximate surface area is 142 Å². The molecule has 0 aliphatic carbocycles. The fraction of sp³-hybridized carbons (Fsp3) is 0.125. The normalized spacial score (nSPS) is 10.6. The number of carbonyl (C=O) groups is 1. The van der Waals surface area contributed by atoms with E-state index in [0.717, 1.165) is 15.8 Å². The highest BCUT2D eigenvalue weighted by Gasteiger charge is 2.13. The third-order valence-electron chi connectivity index (χ3n) is 3.27. The number of fused-ring (bicyclic) bond motifs is 1. The number of para-hydroxylation sites is 1. The fourth-order valence-electron chi connectivity index (χ4n) is 2.14. The highest BCUT2D eigenvalue weighted by Crippen LogP contribution is 2.34. The molecule has 2 aromatic carbocycles. The lowest BCUT2D eigenvalue weighted by atomic mass is 10.2. The molecule has 1 heterocycles. The van der Waals surface area contributed by atoms with Crippen molar-refractivity contribution in [3.8, 4) is 5.75 Å². The number of benzene rings is 2. The van der Waals surface area contributed by atoms with E-state index in [2.05, 4.69) is 15.6 Å². The molecule has 2 N–H and O–H groups in total. The summed E-state index contributed by atoms with van der Waals surface area (Å²) < 4.78 is 6.29. The lowest BCUT2D eigenvalue weighted by molar-refractivity contribution is 0.262. The molecule has 2 amide bonds. The van der Waals surface area contributed by atoms with Gasteiger partial charge in [0.15, 0.2) is 5.13 Å². The van der Waals surface area contributed by atoms with Crippen molar-refractivity contribution in [1.82, 2.24) is 4.98 Å². The van der Waals surface area contributed by atoms with E-state index in [-0.39, 0.29) is 0 Å². The van der Waals surface area contributed by atoms with Crippen molar-refractivity contribution in [1.29, 1.82) is 0 Å². The second-order valence-electron chi connectivity index (χ2n) is 4.84. The van der Waals surface area contributed by atoms with Crippen LogP contribution in [-0.4, -0.2) is 18.1 Å². The number of halogens is 1. The molecule has 0 aliphatic heterocycles. The quantitative estimate of drug-likeness (QED) is 0.707. The lowest BCUT2D eigenvalue weighted by Gasteiger charge is -2.06. The van der Waals surface area contributed by atoms with Gasteiger partial charge in [-0.25, -0.2) is 9.78 Å². The maximum atomic E-state index is 12.1. The molecular formula is C16H14ClN3O2S. The number of aryl methyl sites for hydroxylation is 1. The highest BCUT2D eigenvalue weighted by atomic mass is 35.5. The van der Waals surface area contributed by atoms with Crippen molar-refractivity contribution in [3.63, 3.8) is 0 Å². The zero-order valence-electron chi connectivity index (χ0n) is 12.5. The first kappa shape index (κ1) is 15.6. The number of aromatic nitrogens is 1. The molecule has 23 heavy (non-hydrogen) atoms. The Morgan fingerprint density at radius 3 is 2.74 bits per heavy atom. The van der Waals surface area contributed by atoms with Gasteiger partial charge in [-0.3, -0.25) is 5.32 Å². The summed E-state index contributed by atoms with van der Waals surface area (Å²) in [7, 11) is 1.60. The molecule has 0 radical (unpaired) electrons. The number of urea groups is 1. The Balaban J connectivity index is 1.83. The summed E-state index contributed by atoms with van der Waals surface area (Å²) in [4.78, 5) is 16.5. The summed E-state index contributed by atoms with van der Waals surface area (Å²) >= 11 is 7.42. The molecule has 1 aromatic heterocycles. The van der Waals surface area contributed by atoms with E-state index < -0.39 is 6.03 Å². The van der Waals surface area contributed by atoms with E-state index in [1.165, 1.54) is 11.3 Å². The van der Waals surface area contributed by atoms with Gasteiger partial charge in [-0.15, -0.1) is 0 Å². The molecule has 118 valence electrons. The molecule has 0 fully saturated rings. The van der Waals surface area contributed by atoms with E-state index in [0.29, 0.717) is 21.6 Å². The second-order valence-corrected chi connectivity index (χ2v) is 6.25. The van der Waals surface area contributed by atoms with Crippen LogP contribution in [0.2, 0.25) is 5.02 Å². The first-order valence-corrected chi connectivity index (χ1v) is 8.04. The maximum Gasteiger partial charge on any atom is 0.325 e. The summed E-state index contributed by atoms with van der Waals surface area (Å²) in [5.74, 6) is 0.682. The number of hydrogen-bond acceptors (Lipinski definition) is 4. The number of hydrogen-bond donors (Lipinski definition) is 2. The number of nitrogens with one attached hydrogen (secondary N) is 2. The third kappa shape index (κ3) is 3.23. The minimum absolute atomic E-state index is 0.395. The molecule has 5 nitrogen and oxygen atoms in total. The van der Waals surface area contributed by atoms with Gasteiger partial charge in [0.25, 0.3) is 0 Å². The zero-order chi connectivity index (χ0) is 16.4. The van der Waals surface area contributed by atoms with Crippen LogP contribution in [0.25, 0.3) is 10.2 Å². The molecule has 0 saturated heterocycles. The maximum absolute atomic E-state index is 12.1. The van der Waals surface area contributed by atoms with Crippen molar-refractivity contribution in [2.24, 2.45) is 0 Å². The first-order chi connectivity index (χ1) is 11.1. The van der Waals surface area contributed by atoms with Crippen LogP contribution in [0.15, 0.2) is 36.4 Å². The Bertz CT molecular complexity index is 879. The van der Waals surface area contributed by atoms with Crippen LogP contribution in [0.3, 0.4) is 0 Å². The second kappa shape index (κ2) is 6.44. The van der Waals surface area contributed by atoms with Crippen LogP contribution in [-0.2, 0) is 0 Å². The highest BCUT2D eigenvalue weighted by molar-refractivity contribution is 7.22. The Kier molecular flexibility index (Phi) is 4.36. The summed E-state index contributed by atoms with van der Waals surface area (Å²) in [6.07, 6.45) is 0. The third-order valence-corrected chi connectivity index (χ3v) is 4.70. The molecule has 0 bridgehead atoms. The van der Waals surface area contributed by atoms with Gasteiger partial charge in [0.2, 0.25) is 0 Å². The van der Waals surface area contributed by atoms with Crippen LogP contribution in [0.4, 0.5) is 15.6 Å². The van der Waals surface area contributed by atoms with Crippen molar-refractivity contribution >= 4 is 50.0 Å². The van der Waals surface area contributed by atoms with Crippen LogP contribution in [0.5, 0.6) is 5.75 Å². The smallest absolute Gasteiger partial charge is 0.325 e. The fourth-order valence-corrected chi connectivity index (χ4v) is 3.27. The monoisotopic (exact) mass is 347 g/mol. The minimum Gasteiger partial charge on any atom is -0.494 e. The van der Waals surface area contributed by atoms with E-state index in [9.17, 15) is 4.79 Å². The van der Waals surface area contributed by atoms with E-state index >= 15 is 0 Å². The van der Waals surface area contributed by atoms with Gasteiger partial charge in [0.1, 0.15) is 11.3 Å². The van der Waals surface area contributed by atoms with Gasteiger partial charge in [0.05, 0.1) is 22.5 Å². The minimum atomic E-state index is -0.395. The van der Waals surface area contributed by atoms with Gasteiger partial charge in [-0.05, 0) is 30.7 Å². The molecule has 0 saturated carbocycles. The number of thiazole rings is 1. The lowest BCUT2D eigenvalue weighted by Crippen LogP contribution is -2.19. The van der Waals surface area contributed by atoms with Gasteiger partial charge in [0, 0.05) is 0 Å². The number of carbonyl (C=O) groups excluding carboxylic acids is 1.